The van der Waals surface area contributed by atoms with Gasteiger partial charge < -0.3 is 19.6 Å². The maximum absolute atomic E-state index is 13.0. The Morgan fingerprint density at radius 1 is 1.20 bits per heavy atom. The fourth-order valence-corrected chi connectivity index (χ4v) is 6.18. The van der Waals surface area contributed by atoms with E-state index in [9.17, 15) is 9.90 Å². The van der Waals surface area contributed by atoms with E-state index in [0.717, 1.165) is 74.6 Å². The van der Waals surface area contributed by atoms with Gasteiger partial charge in [-0.05, 0) is 43.4 Å². The number of aliphatic hydroxyl groups is 1. The van der Waals surface area contributed by atoms with Gasteiger partial charge in [0, 0.05) is 37.6 Å². The van der Waals surface area contributed by atoms with E-state index < -0.39 is 6.10 Å². The largest absolute Gasteiger partial charge is 0.491 e. The summed E-state index contributed by atoms with van der Waals surface area (Å²) in [6.07, 6.45) is 3.67. The van der Waals surface area contributed by atoms with Crippen LogP contribution in [-0.2, 0) is 24.1 Å². The first-order valence-corrected chi connectivity index (χ1v) is 13.4. The summed E-state index contributed by atoms with van der Waals surface area (Å²) in [6, 6.07) is 9.53. The lowest BCUT2D eigenvalue weighted by Gasteiger charge is -2.30. The number of para-hydroxylation sites is 1. The van der Waals surface area contributed by atoms with E-state index in [-0.39, 0.29) is 12.2 Å². The second-order valence-corrected chi connectivity index (χ2v) is 10.5. The Labute approximate surface area is 209 Å². The van der Waals surface area contributed by atoms with Crippen molar-refractivity contribution in [1.82, 2.24) is 19.8 Å². The normalized spacial score (nSPS) is 17.5. The van der Waals surface area contributed by atoms with Crippen molar-refractivity contribution in [3.8, 4) is 5.75 Å². The molecule has 3 heterocycles. The first-order valence-electron chi connectivity index (χ1n) is 12.6. The van der Waals surface area contributed by atoms with Gasteiger partial charge >= 0.3 is 0 Å². The van der Waals surface area contributed by atoms with Crippen molar-refractivity contribution < 1.29 is 14.6 Å². The van der Waals surface area contributed by atoms with E-state index in [1.165, 1.54) is 16.9 Å². The van der Waals surface area contributed by atoms with E-state index in [1.54, 1.807) is 11.3 Å². The number of aliphatic hydroxyl groups excluding tert-OH is 1. The molecule has 0 bridgehead atoms. The fourth-order valence-electron chi connectivity index (χ4n) is 4.90. The number of hydrogen-bond acceptors (Lipinski definition) is 8. The Morgan fingerprint density at radius 2 is 2.00 bits per heavy atom. The lowest BCUT2D eigenvalue weighted by Crippen LogP contribution is -2.44. The van der Waals surface area contributed by atoms with E-state index in [1.807, 2.05) is 30.3 Å². The third kappa shape index (κ3) is 6.29. The van der Waals surface area contributed by atoms with Gasteiger partial charge in [-0.15, -0.1) is 11.3 Å². The van der Waals surface area contributed by atoms with Crippen LogP contribution in [0.2, 0.25) is 0 Å². The molecule has 1 aliphatic carbocycles. The number of ether oxygens (including phenoxy) is 2. The number of H-pyrrole nitrogens is 1. The molecule has 1 aromatic carbocycles. The number of hydrogen-bond donors (Lipinski definition) is 2. The Balaban J connectivity index is 1.28. The van der Waals surface area contributed by atoms with Crippen LogP contribution in [-0.4, -0.2) is 83.5 Å². The minimum absolute atomic E-state index is 0.0366. The molecule has 1 saturated heterocycles. The molecule has 1 aliphatic heterocycles. The van der Waals surface area contributed by atoms with Crippen molar-refractivity contribution in [3.63, 3.8) is 0 Å². The average Bonchev–Trinajstić information content (AvgIpc) is 3.26. The summed E-state index contributed by atoms with van der Waals surface area (Å²) in [5.41, 5.74) is 1.17. The van der Waals surface area contributed by atoms with Gasteiger partial charge in [0.25, 0.3) is 5.56 Å². The molecular weight excluding hydrogens is 464 g/mol. The maximum atomic E-state index is 13.0. The number of thiophene rings is 1. The molecule has 35 heavy (non-hydrogen) atoms. The second kappa shape index (κ2) is 11.6. The maximum Gasteiger partial charge on any atom is 0.259 e. The van der Waals surface area contributed by atoms with Crippen LogP contribution in [0.3, 0.4) is 0 Å². The summed E-state index contributed by atoms with van der Waals surface area (Å²) in [4.78, 5) is 27.6. The summed E-state index contributed by atoms with van der Waals surface area (Å²) in [6.45, 7) is 6.06. The molecule has 188 valence electrons. The highest BCUT2D eigenvalue weighted by molar-refractivity contribution is 7.18. The van der Waals surface area contributed by atoms with Crippen LogP contribution in [0.1, 0.15) is 29.1 Å². The van der Waals surface area contributed by atoms with Crippen LogP contribution in [0.15, 0.2) is 35.1 Å². The second-order valence-electron chi connectivity index (χ2n) is 9.37. The molecule has 2 N–H and O–H groups in total. The monoisotopic (exact) mass is 498 g/mol. The molecule has 0 spiro atoms. The number of aromatic nitrogens is 2. The van der Waals surface area contributed by atoms with Crippen LogP contribution >= 0.6 is 11.3 Å². The van der Waals surface area contributed by atoms with Crippen molar-refractivity contribution >= 4 is 21.6 Å². The molecule has 0 radical (unpaired) electrons. The Hall–Kier alpha value is -2.30. The quantitative estimate of drug-likeness (QED) is 0.444. The van der Waals surface area contributed by atoms with E-state index in [2.05, 4.69) is 14.8 Å². The van der Waals surface area contributed by atoms with Crippen molar-refractivity contribution in [2.24, 2.45) is 0 Å². The molecule has 0 saturated carbocycles. The number of aromatic amines is 1. The predicted molar refractivity (Wildman–Crippen MR) is 137 cm³/mol. The summed E-state index contributed by atoms with van der Waals surface area (Å²) in [7, 11) is 0. The highest BCUT2D eigenvalue weighted by Gasteiger charge is 2.21. The predicted octanol–water partition coefficient (Wildman–Crippen LogP) is 2.44. The molecule has 2 aromatic heterocycles. The fraction of sp³-hybridized carbons (Fsp3) is 0.538. The van der Waals surface area contributed by atoms with Crippen molar-refractivity contribution in [3.05, 3.63) is 57.0 Å². The molecular formula is C26H34N4O4S. The molecule has 0 unspecified atom stereocenters. The van der Waals surface area contributed by atoms with Gasteiger partial charge in [0.15, 0.2) is 0 Å². The summed E-state index contributed by atoms with van der Waals surface area (Å²) in [5, 5.41) is 11.5. The number of rotatable bonds is 10. The average molecular weight is 499 g/mol. The van der Waals surface area contributed by atoms with Gasteiger partial charge in [-0.1, -0.05) is 18.2 Å². The number of benzene rings is 1. The third-order valence-corrected chi connectivity index (χ3v) is 7.92. The van der Waals surface area contributed by atoms with Crippen molar-refractivity contribution in [2.75, 3.05) is 52.5 Å². The Kier molecular flexibility index (Phi) is 8.10. The van der Waals surface area contributed by atoms with E-state index >= 15 is 0 Å². The third-order valence-electron chi connectivity index (χ3n) is 6.74. The topological polar surface area (TPSA) is 90.9 Å². The van der Waals surface area contributed by atoms with E-state index in [0.29, 0.717) is 18.9 Å². The first-order chi connectivity index (χ1) is 17.2. The molecule has 0 amide bonds. The number of fused-ring (bicyclic) bond motifs is 3. The lowest BCUT2D eigenvalue weighted by molar-refractivity contribution is 0.0252. The number of nitrogens with zero attached hydrogens (tertiary/aromatic N) is 3. The van der Waals surface area contributed by atoms with Gasteiger partial charge in [-0.3, -0.25) is 14.6 Å². The zero-order chi connectivity index (χ0) is 24.0. The number of aryl methyl sites for hydroxylation is 2. The Morgan fingerprint density at radius 3 is 2.83 bits per heavy atom. The minimum Gasteiger partial charge on any atom is -0.491 e. The zero-order valence-corrected chi connectivity index (χ0v) is 20.9. The van der Waals surface area contributed by atoms with Crippen LogP contribution in [0, 0.1) is 0 Å². The molecule has 2 aliphatic rings. The van der Waals surface area contributed by atoms with E-state index in [4.69, 9.17) is 14.5 Å². The molecule has 1 fully saturated rings. The standard InChI is InChI=1S/C26H34N4O4S/c31-19(18-34-20-6-2-1-3-7-20)16-30(11-10-29-12-14-33-15-13-29)17-23-27-25(32)24-21-8-4-5-9-22(21)35-26(24)28-23/h1-3,6-7,19,31H,4-5,8-18H2,(H,27,28,32)/t19-/m0/s1. The molecule has 9 heteroatoms. The molecule has 1 atom stereocenters. The summed E-state index contributed by atoms with van der Waals surface area (Å²) < 4.78 is 11.2. The zero-order valence-electron chi connectivity index (χ0n) is 20.1. The van der Waals surface area contributed by atoms with Gasteiger partial charge in [0.1, 0.15) is 29.1 Å². The van der Waals surface area contributed by atoms with Crippen LogP contribution < -0.4 is 10.3 Å². The first kappa shape index (κ1) is 24.4. The summed E-state index contributed by atoms with van der Waals surface area (Å²) in [5.74, 6) is 1.39. The van der Waals surface area contributed by atoms with Crippen molar-refractivity contribution in [2.45, 2.75) is 38.3 Å². The molecule has 5 rings (SSSR count). The highest BCUT2D eigenvalue weighted by Crippen LogP contribution is 2.33. The van der Waals surface area contributed by atoms with Crippen LogP contribution in [0.5, 0.6) is 5.75 Å². The van der Waals surface area contributed by atoms with Gasteiger partial charge in [0.2, 0.25) is 0 Å². The summed E-state index contributed by atoms with van der Waals surface area (Å²) >= 11 is 1.67. The SMILES string of the molecule is O=c1[nH]c(CN(CCN2CCOCC2)C[C@H](O)COc2ccccc2)nc2sc3c(c12)CCCC3. The number of morpholine rings is 1. The van der Waals surface area contributed by atoms with Gasteiger partial charge in [-0.25, -0.2) is 4.98 Å². The van der Waals surface area contributed by atoms with Crippen LogP contribution in [0.4, 0.5) is 0 Å². The van der Waals surface area contributed by atoms with Gasteiger partial charge in [-0.2, -0.15) is 0 Å². The highest BCUT2D eigenvalue weighted by atomic mass is 32.1. The molecule has 3 aromatic rings. The lowest BCUT2D eigenvalue weighted by atomic mass is 9.97. The number of nitrogens with one attached hydrogen (secondary N) is 1. The Bertz CT molecular complexity index is 1160. The van der Waals surface area contributed by atoms with Crippen molar-refractivity contribution in [1.29, 1.82) is 0 Å². The minimum atomic E-state index is -0.663. The van der Waals surface area contributed by atoms with Crippen LogP contribution in [0.25, 0.3) is 10.2 Å². The van der Waals surface area contributed by atoms with Gasteiger partial charge in [0.05, 0.1) is 25.1 Å². The molecule has 8 nitrogen and oxygen atoms in total. The smallest absolute Gasteiger partial charge is 0.259 e.